The molecule has 30 heavy (non-hydrogen) atoms. The van der Waals surface area contributed by atoms with Gasteiger partial charge in [0.25, 0.3) is 5.91 Å². The van der Waals surface area contributed by atoms with Crippen LogP contribution >= 0.6 is 22.9 Å². The molecule has 1 heterocycles. The van der Waals surface area contributed by atoms with Gasteiger partial charge in [0.15, 0.2) is 11.7 Å². The molecule has 0 spiro atoms. The first-order valence-corrected chi connectivity index (χ1v) is 11.5. The maximum absolute atomic E-state index is 12.1. The van der Waals surface area contributed by atoms with E-state index in [2.05, 4.69) is 17.2 Å². The number of ether oxygens (including phenoxy) is 2. The molecule has 0 aliphatic heterocycles. The zero-order valence-corrected chi connectivity index (χ0v) is 18.7. The Morgan fingerprint density at radius 3 is 2.47 bits per heavy atom. The molecule has 1 aromatic heterocycles. The molecule has 1 amide bonds. The van der Waals surface area contributed by atoms with Crippen LogP contribution in [-0.4, -0.2) is 24.1 Å². The predicted molar refractivity (Wildman–Crippen MR) is 124 cm³/mol. The highest BCUT2D eigenvalue weighted by Gasteiger charge is 2.09. The molecule has 0 fully saturated rings. The summed E-state index contributed by atoms with van der Waals surface area (Å²) in [5.41, 5.74) is 0.803. The van der Waals surface area contributed by atoms with Gasteiger partial charge >= 0.3 is 0 Å². The van der Waals surface area contributed by atoms with Crippen molar-refractivity contribution >= 4 is 44.2 Å². The lowest BCUT2D eigenvalue weighted by Crippen LogP contribution is -2.19. The fraction of sp³-hybridized carbons (Fsp3) is 0.391. The molecule has 0 saturated carbocycles. The molecule has 7 heteroatoms. The van der Waals surface area contributed by atoms with Crippen LogP contribution < -0.4 is 14.8 Å². The van der Waals surface area contributed by atoms with E-state index in [0.29, 0.717) is 15.9 Å². The van der Waals surface area contributed by atoms with Crippen molar-refractivity contribution in [3.05, 3.63) is 47.5 Å². The molecule has 0 aliphatic carbocycles. The van der Waals surface area contributed by atoms with Crippen molar-refractivity contribution in [2.45, 2.75) is 45.4 Å². The van der Waals surface area contributed by atoms with Crippen LogP contribution in [0.15, 0.2) is 42.5 Å². The first-order chi connectivity index (χ1) is 14.6. The van der Waals surface area contributed by atoms with Crippen molar-refractivity contribution in [2.75, 3.05) is 18.5 Å². The van der Waals surface area contributed by atoms with Gasteiger partial charge in [0.2, 0.25) is 0 Å². The van der Waals surface area contributed by atoms with Crippen molar-refractivity contribution in [1.29, 1.82) is 0 Å². The number of rotatable bonds is 12. The number of benzene rings is 2. The number of halogens is 1. The lowest BCUT2D eigenvalue weighted by Gasteiger charge is -2.08. The second-order valence-corrected chi connectivity index (χ2v) is 8.52. The quantitative estimate of drug-likeness (QED) is 0.314. The average Bonchev–Trinajstić information content (AvgIpc) is 3.13. The number of nitrogens with one attached hydrogen (secondary N) is 1. The maximum Gasteiger partial charge on any atom is 0.264 e. The number of hydrogen-bond acceptors (Lipinski definition) is 5. The minimum Gasteiger partial charge on any atom is -0.494 e. The Balaban J connectivity index is 1.37. The van der Waals surface area contributed by atoms with Crippen molar-refractivity contribution < 1.29 is 14.3 Å². The summed E-state index contributed by atoms with van der Waals surface area (Å²) in [6.45, 7) is 2.86. The molecule has 0 aliphatic rings. The standard InChI is InChI=1S/C23H27ClN2O3S/c1-2-3-4-5-6-7-14-28-18-9-11-19(12-10-18)29-16-22(27)26-23-25-20-13-8-17(24)15-21(20)30-23/h8-13,15H,2-7,14,16H2,1H3,(H,25,26,27). The highest BCUT2D eigenvalue weighted by atomic mass is 35.5. The summed E-state index contributed by atoms with van der Waals surface area (Å²) in [7, 11) is 0. The molecule has 0 bridgehead atoms. The Labute approximate surface area is 186 Å². The van der Waals surface area contributed by atoms with E-state index in [9.17, 15) is 4.79 Å². The Bertz CT molecular complexity index is 943. The van der Waals surface area contributed by atoms with Crippen LogP contribution in [0.1, 0.15) is 45.4 Å². The number of fused-ring (bicyclic) bond motifs is 1. The monoisotopic (exact) mass is 446 g/mol. The van der Waals surface area contributed by atoms with Crippen LogP contribution in [-0.2, 0) is 4.79 Å². The van der Waals surface area contributed by atoms with Crippen molar-refractivity contribution in [2.24, 2.45) is 0 Å². The first-order valence-electron chi connectivity index (χ1n) is 10.4. The number of hydrogen-bond donors (Lipinski definition) is 1. The summed E-state index contributed by atoms with van der Waals surface area (Å²) >= 11 is 7.36. The van der Waals surface area contributed by atoms with Gasteiger partial charge in [-0.05, 0) is 48.9 Å². The van der Waals surface area contributed by atoms with Gasteiger partial charge in [0.1, 0.15) is 11.5 Å². The predicted octanol–water partition coefficient (Wildman–Crippen LogP) is 6.71. The zero-order valence-electron chi connectivity index (χ0n) is 17.2. The SMILES string of the molecule is CCCCCCCCOc1ccc(OCC(=O)Nc2nc3ccc(Cl)cc3s2)cc1. The Morgan fingerprint density at radius 1 is 1.00 bits per heavy atom. The van der Waals surface area contributed by atoms with E-state index in [1.807, 2.05) is 36.4 Å². The molecule has 3 aromatic rings. The van der Waals surface area contributed by atoms with Crippen LogP contribution in [0.2, 0.25) is 5.02 Å². The molecular formula is C23H27ClN2O3S. The van der Waals surface area contributed by atoms with Gasteiger partial charge in [-0.15, -0.1) is 0 Å². The zero-order chi connectivity index (χ0) is 21.2. The summed E-state index contributed by atoms with van der Waals surface area (Å²) in [5.74, 6) is 1.17. The first kappa shape index (κ1) is 22.4. The number of amides is 1. The third-order valence-electron chi connectivity index (χ3n) is 4.56. The summed E-state index contributed by atoms with van der Waals surface area (Å²) in [6.07, 6.45) is 7.44. The minimum atomic E-state index is -0.261. The van der Waals surface area contributed by atoms with E-state index >= 15 is 0 Å². The van der Waals surface area contributed by atoms with Gasteiger partial charge in [-0.2, -0.15) is 0 Å². The van der Waals surface area contributed by atoms with Gasteiger partial charge in [0.05, 0.1) is 16.8 Å². The van der Waals surface area contributed by atoms with Crippen molar-refractivity contribution in [1.82, 2.24) is 4.98 Å². The maximum atomic E-state index is 12.1. The summed E-state index contributed by atoms with van der Waals surface area (Å²) < 4.78 is 12.2. The van der Waals surface area contributed by atoms with Gasteiger partial charge < -0.3 is 9.47 Å². The normalized spacial score (nSPS) is 10.9. The number of carbonyl (C=O) groups excluding carboxylic acids is 1. The van der Waals surface area contributed by atoms with E-state index in [4.69, 9.17) is 21.1 Å². The van der Waals surface area contributed by atoms with Crippen LogP contribution in [0.5, 0.6) is 11.5 Å². The highest BCUT2D eigenvalue weighted by molar-refractivity contribution is 7.22. The fourth-order valence-corrected chi connectivity index (χ4v) is 4.12. The number of aromatic nitrogens is 1. The molecule has 0 atom stereocenters. The number of anilines is 1. The number of unbranched alkanes of at least 4 members (excludes halogenated alkanes) is 5. The molecule has 5 nitrogen and oxygen atoms in total. The Morgan fingerprint density at radius 2 is 1.70 bits per heavy atom. The largest absolute Gasteiger partial charge is 0.494 e. The fourth-order valence-electron chi connectivity index (χ4n) is 2.96. The third-order valence-corrected chi connectivity index (χ3v) is 5.73. The lowest BCUT2D eigenvalue weighted by atomic mass is 10.1. The molecule has 0 saturated heterocycles. The third kappa shape index (κ3) is 7.18. The second-order valence-electron chi connectivity index (χ2n) is 7.06. The molecule has 160 valence electrons. The van der Waals surface area contributed by atoms with Crippen molar-refractivity contribution in [3.63, 3.8) is 0 Å². The number of carbonyl (C=O) groups is 1. The van der Waals surface area contributed by atoms with Gasteiger partial charge in [-0.1, -0.05) is 62.0 Å². The molecule has 3 rings (SSSR count). The highest BCUT2D eigenvalue weighted by Crippen LogP contribution is 2.28. The van der Waals surface area contributed by atoms with Crippen LogP contribution in [0, 0.1) is 0 Å². The topological polar surface area (TPSA) is 60.5 Å². The summed E-state index contributed by atoms with van der Waals surface area (Å²) in [5, 5.41) is 3.93. The van der Waals surface area contributed by atoms with Crippen LogP contribution in [0.3, 0.4) is 0 Å². The van der Waals surface area contributed by atoms with Crippen LogP contribution in [0.4, 0.5) is 5.13 Å². The van der Waals surface area contributed by atoms with Gasteiger partial charge in [-0.25, -0.2) is 4.98 Å². The number of nitrogens with zero attached hydrogens (tertiary/aromatic N) is 1. The van der Waals surface area contributed by atoms with E-state index in [0.717, 1.165) is 29.0 Å². The molecular weight excluding hydrogens is 420 g/mol. The average molecular weight is 447 g/mol. The molecule has 0 radical (unpaired) electrons. The molecule has 1 N–H and O–H groups in total. The Kier molecular flexibility index (Phi) is 8.78. The van der Waals surface area contributed by atoms with E-state index in [-0.39, 0.29) is 12.5 Å². The van der Waals surface area contributed by atoms with E-state index in [1.54, 1.807) is 6.07 Å². The molecule has 2 aromatic carbocycles. The second kappa shape index (κ2) is 11.8. The number of thiazole rings is 1. The van der Waals surface area contributed by atoms with Crippen molar-refractivity contribution in [3.8, 4) is 11.5 Å². The minimum absolute atomic E-state index is 0.0886. The lowest BCUT2D eigenvalue weighted by molar-refractivity contribution is -0.118. The van der Waals surface area contributed by atoms with Gasteiger partial charge in [0, 0.05) is 5.02 Å². The van der Waals surface area contributed by atoms with E-state index in [1.165, 1.54) is 43.4 Å². The summed E-state index contributed by atoms with van der Waals surface area (Å²) in [4.78, 5) is 16.5. The van der Waals surface area contributed by atoms with Gasteiger partial charge in [-0.3, -0.25) is 10.1 Å². The van der Waals surface area contributed by atoms with Crippen LogP contribution in [0.25, 0.3) is 10.2 Å². The van der Waals surface area contributed by atoms with E-state index < -0.39 is 0 Å². The Hall–Kier alpha value is -2.31. The smallest absolute Gasteiger partial charge is 0.264 e. The summed E-state index contributed by atoms with van der Waals surface area (Å²) in [6, 6.07) is 12.8. The molecule has 0 unspecified atom stereocenters.